The highest BCUT2D eigenvalue weighted by Gasteiger charge is 2.22. The third kappa shape index (κ3) is 3.10. The minimum atomic E-state index is 0.818. The molecule has 0 aliphatic heterocycles. The highest BCUT2D eigenvalue weighted by molar-refractivity contribution is 9.10. The molecule has 1 aliphatic carbocycles. The largest absolute Gasteiger partial charge is 0.0654 e. The second-order valence-electron chi connectivity index (χ2n) is 5.07. The quantitative estimate of drug-likeness (QED) is 0.684. The predicted octanol–water partition coefficient (Wildman–Crippen LogP) is 5.52. The van der Waals surface area contributed by atoms with Crippen molar-refractivity contribution in [2.75, 3.05) is 0 Å². The summed E-state index contributed by atoms with van der Waals surface area (Å²) in [7, 11) is 0. The minimum Gasteiger partial charge on any atom is -0.0654 e. The molecule has 1 heteroatoms. The Hall–Kier alpha value is -0.300. The first-order valence-electron chi connectivity index (χ1n) is 6.55. The fourth-order valence-corrected chi connectivity index (χ4v) is 3.26. The first-order valence-corrected chi connectivity index (χ1v) is 7.34. The molecule has 0 bridgehead atoms. The fraction of sp³-hybridized carbons (Fsp3) is 0.600. The van der Waals surface area contributed by atoms with E-state index in [0.29, 0.717) is 0 Å². The van der Waals surface area contributed by atoms with Gasteiger partial charge in [-0.2, -0.15) is 0 Å². The van der Waals surface area contributed by atoms with Crippen molar-refractivity contribution in [2.24, 2.45) is 5.92 Å². The molecule has 0 amide bonds. The van der Waals surface area contributed by atoms with Crippen LogP contribution in [-0.2, 0) is 0 Å². The average molecular weight is 281 g/mol. The van der Waals surface area contributed by atoms with Crippen LogP contribution in [0, 0.1) is 5.92 Å². The molecule has 1 aromatic rings. The third-order valence-electron chi connectivity index (χ3n) is 3.82. The molecule has 0 N–H and O–H groups in total. The Bertz CT molecular complexity index is 313. The second-order valence-corrected chi connectivity index (χ2v) is 5.99. The van der Waals surface area contributed by atoms with Crippen LogP contribution in [0.3, 0.4) is 0 Å². The van der Waals surface area contributed by atoms with Gasteiger partial charge in [-0.1, -0.05) is 60.7 Å². The standard InChI is InChI=1S/C15H21Br/c1-2-4-12-5-3-6-14(11-12)13-7-9-15(16)10-8-13/h7-10,12,14H,2-6,11H2,1H3. The highest BCUT2D eigenvalue weighted by atomic mass is 79.9. The van der Waals surface area contributed by atoms with Gasteiger partial charge < -0.3 is 0 Å². The van der Waals surface area contributed by atoms with Crippen molar-refractivity contribution in [2.45, 2.75) is 51.4 Å². The van der Waals surface area contributed by atoms with Crippen LogP contribution in [-0.4, -0.2) is 0 Å². The highest BCUT2D eigenvalue weighted by Crippen LogP contribution is 2.38. The van der Waals surface area contributed by atoms with Gasteiger partial charge in [0.2, 0.25) is 0 Å². The van der Waals surface area contributed by atoms with E-state index in [1.54, 1.807) is 5.56 Å². The minimum absolute atomic E-state index is 0.818. The van der Waals surface area contributed by atoms with Crippen LogP contribution in [0.5, 0.6) is 0 Å². The van der Waals surface area contributed by atoms with Crippen LogP contribution in [0.2, 0.25) is 0 Å². The maximum Gasteiger partial charge on any atom is 0.0175 e. The van der Waals surface area contributed by atoms with Gasteiger partial charge in [-0.3, -0.25) is 0 Å². The van der Waals surface area contributed by atoms with E-state index >= 15 is 0 Å². The predicted molar refractivity (Wildman–Crippen MR) is 73.7 cm³/mol. The zero-order valence-electron chi connectivity index (χ0n) is 10.1. The lowest BCUT2D eigenvalue weighted by Crippen LogP contribution is -2.14. The molecule has 2 atom stereocenters. The molecule has 0 nitrogen and oxygen atoms in total. The van der Waals surface area contributed by atoms with Crippen molar-refractivity contribution >= 4 is 15.9 Å². The summed E-state index contributed by atoms with van der Waals surface area (Å²) in [6.45, 7) is 2.31. The van der Waals surface area contributed by atoms with E-state index in [0.717, 1.165) is 11.8 Å². The van der Waals surface area contributed by atoms with E-state index < -0.39 is 0 Å². The van der Waals surface area contributed by atoms with Crippen LogP contribution < -0.4 is 0 Å². The SMILES string of the molecule is CCCC1CCCC(c2ccc(Br)cc2)C1. The fourth-order valence-electron chi connectivity index (χ4n) is 3.00. The Morgan fingerprint density at radius 2 is 1.94 bits per heavy atom. The van der Waals surface area contributed by atoms with E-state index in [2.05, 4.69) is 47.1 Å². The van der Waals surface area contributed by atoms with E-state index in [-0.39, 0.29) is 0 Å². The molecular weight excluding hydrogens is 260 g/mol. The summed E-state index contributed by atoms with van der Waals surface area (Å²) < 4.78 is 1.19. The molecule has 88 valence electrons. The van der Waals surface area contributed by atoms with E-state index in [4.69, 9.17) is 0 Å². The third-order valence-corrected chi connectivity index (χ3v) is 4.35. The van der Waals surface area contributed by atoms with Gasteiger partial charge in [-0.25, -0.2) is 0 Å². The summed E-state index contributed by atoms with van der Waals surface area (Å²) >= 11 is 3.51. The molecule has 1 saturated carbocycles. The molecule has 0 heterocycles. The molecule has 1 aromatic carbocycles. The lowest BCUT2D eigenvalue weighted by atomic mass is 9.76. The summed E-state index contributed by atoms with van der Waals surface area (Å²) in [4.78, 5) is 0. The molecule has 1 aliphatic rings. The van der Waals surface area contributed by atoms with Gasteiger partial charge in [0.05, 0.1) is 0 Å². The second kappa shape index (κ2) is 5.86. The summed E-state index contributed by atoms with van der Waals surface area (Å²) in [5, 5.41) is 0. The molecule has 2 unspecified atom stereocenters. The molecular formula is C15H21Br. The smallest absolute Gasteiger partial charge is 0.0175 e. The Balaban J connectivity index is 2.01. The van der Waals surface area contributed by atoms with Crippen LogP contribution in [0.25, 0.3) is 0 Å². The molecule has 1 fully saturated rings. The van der Waals surface area contributed by atoms with Gasteiger partial charge in [0.1, 0.15) is 0 Å². The van der Waals surface area contributed by atoms with Gasteiger partial charge in [-0.05, 0) is 42.4 Å². The maximum absolute atomic E-state index is 3.51. The molecule has 0 aromatic heterocycles. The average Bonchev–Trinajstić information content (AvgIpc) is 2.31. The van der Waals surface area contributed by atoms with Gasteiger partial charge in [0.25, 0.3) is 0 Å². The summed E-state index contributed by atoms with van der Waals surface area (Å²) in [6, 6.07) is 8.95. The summed E-state index contributed by atoms with van der Waals surface area (Å²) in [5.41, 5.74) is 1.55. The van der Waals surface area contributed by atoms with Crippen LogP contribution in [0.1, 0.15) is 56.9 Å². The lowest BCUT2D eigenvalue weighted by molar-refractivity contribution is 0.304. The maximum atomic E-state index is 3.51. The van der Waals surface area contributed by atoms with E-state index in [9.17, 15) is 0 Å². The monoisotopic (exact) mass is 280 g/mol. The number of rotatable bonds is 3. The van der Waals surface area contributed by atoms with Crippen molar-refractivity contribution in [3.63, 3.8) is 0 Å². The first-order chi connectivity index (χ1) is 7.79. The van der Waals surface area contributed by atoms with Crippen molar-refractivity contribution < 1.29 is 0 Å². The van der Waals surface area contributed by atoms with Gasteiger partial charge in [-0.15, -0.1) is 0 Å². The Morgan fingerprint density at radius 1 is 1.19 bits per heavy atom. The zero-order valence-corrected chi connectivity index (χ0v) is 11.7. The Kier molecular flexibility index (Phi) is 4.45. The number of halogens is 1. The summed E-state index contributed by atoms with van der Waals surface area (Å²) in [5.74, 6) is 1.80. The van der Waals surface area contributed by atoms with E-state index in [1.807, 2.05) is 0 Å². The van der Waals surface area contributed by atoms with E-state index in [1.165, 1.54) is 43.0 Å². The van der Waals surface area contributed by atoms with Crippen molar-refractivity contribution in [3.8, 4) is 0 Å². The van der Waals surface area contributed by atoms with Crippen molar-refractivity contribution in [3.05, 3.63) is 34.3 Å². The molecule has 0 spiro atoms. The van der Waals surface area contributed by atoms with Crippen LogP contribution in [0.15, 0.2) is 28.7 Å². The molecule has 0 radical (unpaired) electrons. The first kappa shape index (κ1) is 12.2. The van der Waals surface area contributed by atoms with Crippen LogP contribution >= 0.6 is 15.9 Å². The number of benzene rings is 1. The van der Waals surface area contributed by atoms with Crippen LogP contribution in [0.4, 0.5) is 0 Å². The number of hydrogen-bond donors (Lipinski definition) is 0. The summed E-state index contributed by atoms with van der Waals surface area (Å²) in [6.07, 6.45) is 8.45. The normalized spacial score (nSPS) is 25.6. The molecule has 2 rings (SSSR count). The lowest BCUT2D eigenvalue weighted by Gasteiger charge is -2.29. The number of hydrogen-bond acceptors (Lipinski definition) is 0. The Labute approximate surface area is 108 Å². The van der Waals surface area contributed by atoms with Crippen molar-refractivity contribution in [1.29, 1.82) is 0 Å². The van der Waals surface area contributed by atoms with Gasteiger partial charge >= 0.3 is 0 Å². The topological polar surface area (TPSA) is 0 Å². The molecule has 16 heavy (non-hydrogen) atoms. The van der Waals surface area contributed by atoms with Crippen molar-refractivity contribution in [1.82, 2.24) is 0 Å². The van der Waals surface area contributed by atoms with Gasteiger partial charge in [0, 0.05) is 4.47 Å². The zero-order chi connectivity index (χ0) is 11.4. The Morgan fingerprint density at radius 3 is 2.62 bits per heavy atom. The van der Waals surface area contributed by atoms with Gasteiger partial charge in [0.15, 0.2) is 0 Å². The molecule has 0 saturated heterocycles.